The van der Waals surface area contributed by atoms with Gasteiger partial charge in [-0.2, -0.15) is 0 Å². The lowest BCUT2D eigenvalue weighted by Crippen LogP contribution is -2.45. The molecule has 1 heterocycles. The molecule has 0 bridgehead atoms. The lowest BCUT2D eigenvalue weighted by molar-refractivity contribution is -0.125. The number of benzene rings is 1. The molecular weight excluding hydrogens is 334 g/mol. The number of hydrogen-bond acceptors (Lipinski definition) is 4. The molecule has 4 nitrogen and oxygen atoms in total. The second kappa shape index (κ2) is 6.06. The third kappa shape index (κ3) is 3.03. The molecule has 23 heavy (non-hydrogen) atoms. The molecule has 1 aromatic heterocycles. The highest BCUT2D eigenvalue weighted by molar-refractivity contribution is 7.92. The number of carbonyl (C=O) groups is 1. The van der Waals surface area contributed by atoms with E-state index in [1.54, 1.807) is 24.3 Å². The van der Waals surface area contributed by atoms with Crippen LogP contribution in [0, 0.1) is 0 Å². The summed E-state index contributed by atoms with van der Waals surface area (Å²) in [5.74, 6) is -0.788. The second-order valence-electron chi connectivity index (χ2n) is 5.79. The van der Waals surface area contributed by atoms with Crippen LogP contribution < -0.4 is 0 Å². The summed E-state index contributed by atoms with van der Waals surface area (Å²) >= 11 is 5.90. The summed E-state index contributed by atoms with van der Waals surface area (Å²) in [5.41, 5.74) is 0.140. The topological polar surface area (TPSA) is 64.1 Å². The van der Waals surface area contributed by atoms with Crippen LogP contribution in [0.1, 0.15) is 24.8 Å². The van der Waals surface area contributed by atoms with Crippen LogP contribution in [-0.4, -0.2) is 24.9 Å². The number of aromatic nitrogens is 1. The fourth-order valence-electron chi connectivity index (χ4n) is 2.94. The molecule has 0 unspecified atom stereocenters. The maximum absolute atomic E-state index is 12.8. The van der Waals surface area contributed by atoms with Crippen molar-refractivity contribution in [2.45, 2.75) is 29.7 Å². The molecule has 6 heteroatoms. The van der Waals surface area contributed by atoms with Gasteiger partial charge < -0.3 is 0 Å². The maximum atomic E-state index is 12.8. The van der Waals surface area contributed by atoms with E-state index in [0.29, 0.717) is 17.9 Å². The number of Topliss-reactive ketones (excluding diaryl/α,β-unsaturated/α-hetero) is 1. The van der Waals surface area contributed by atoms with Crippen molar-refractivity contribution in [3.05, 3.63) is 59.2 Å². The number of nitrogens with zero attached hydrogens (tertiary/aromatic N) is 1. The smallest absolute Gasteiger partial charge is 0.202 e. The largest absolute Gasteiger partial charge is 0.298 e. The zero-order valence-electron chi connectivity index (χ0n) is 12.4. The van der Waals surface area contributed by atoms with Crippen molar-refractivity contribution in [1.29, 1.82) is 0 Å². The number of pyridine rings is 1. The summed E-state index contributed by atoms with van der Waals surface area (Å²) in [4.78, 5) is 16.6. The van der Waals surface area contributed by atoms with Gasteiger partial charge in [0, 0.05) is 11.2 Å². The van der Waals surface area contributed by atoms with Gasteiger partial charge >= 0.3 is 0 Å². The van der Waals surface area contributed by atoms with Crippen LogP contribution in [0.5, 0.6) is 0 Å². The predicted molar refractivity (Wildman–Crippen MR) is 88.3 cm³/mol. The predicted octanol–water partition coefficient (Wildman–Crippen LogP) is 3.20. The lowest BCUT2D eigenvalue weighted by atomic mass is 9.62. The van der Waals surface area contributed by atoms with E-state index >= 15 is 0 Å². The van der Waals surface area contributed by atoms with Crippen molar-refractivity contribution in [3.8, 4) is 0 Å². The molecule has 1 saturated carbocycles. The monoisotopic (exact) mass is 349 g/mol. The summed E-state index contributed by atoms with van der Waals surface area (Å²) < 4.78 is 24.8. The highest BCUT2D eigenvalue weighted by Gasteiger charge is 2.46. The Balaban J connectivity index is 1.88. The molecule has 1 aliphatic carbocycles. The van der Waals surface area contributed by atoms with Gasteiger partial charge in [0.15, 0.2) is 10.8 Å². The van der Waals surface area contributed by atoms with Crippen LogP contribution in [0.15, 0.2) is 53.7 Å². The highest BCUT2D eigenvalue weighted by atomic mass is 35.5. The number of halogens is 1. The first kappa shape index (κ1) is 16.1. The summed E-state index contributed by atoms with van der Waals surface area (Å²) in [6.07, 6.45) is 3.67. The fourth-order valence-corrected chi connectivity index (χ4v) is 4.35. The van der Waals surface area contributed by atoms with Gasteiger partial charge in [0.2, 0.25) is 9.84 Å². The Labute approximate surface area is 140 Å². The summed E-state index contributed by atoms with van der Waals surface area (Å²) in [6, 6.07) is 11.7. The third-order valence-electron chi connectivity index (χ3n) is 4.42. The minimum absolute atomic E-state index is 0.0565. The molecule has 1 aromatic carbocycles. The Morgan fingerprint density at radius 2 is 1.83 bits per heavy atom. The van der Waals surface area contributed by atoms with E-state index in [9.17, 15) is 13.2 Å². The van der Waals surface area contributed by atoms with E-state index in [2.05, 4.69) is 4.98 Å². The Morgan fingerprint density at radius 3 is 2.35 bits per heavy atom. The van der Waals surface area contributed by atoms with Crippen LogP contribution in [0.4, 0.5) is 0 Å². The molecule has 0 saturated heterocycles. The molecule has 0 radical (unpaired) electrons. The first-order valence-electron chi connectivity index (χ1n) is 7.37. The fraction of sp³-hybridized carbons (Fsp3) is 0.294. The van der Waals surface area contributed by atoms with Gasteiger partial charge in [-0.15, -0.1) is 0 Å². The van der Waals surface area contributed by atoms with Crippen molar-refractivity contribution in [3.63, 3.8) is 0 Å². The Kier molecular flexibility index (Phi) is 4.25. The molecule has 2 aromatic rings. The van der Waals surface area contributed by atoms with Crippen LogP contribution in [-0.2, 0) is 20.0 Å². The Bertz CT molecular complexity index is 813. The van der Waals surface area contributed by atoms with E-state index in [-0.39, 0.29) is 10.8 Å². The quantitative estimate of drug-likeness (QED) is 0.831. The van der Waals surface area contributed by atoms with Crippen LogP contribution in [0.2, 0.25) is 5.02 Å². The van der Waals surface area contributed by atoms with Crippen molar-refractivity contribution >= 4 is 27.2 Å². The molecular formula is C17H16ClNO3S. The van der Waals surface area contributed by atoms with Crippen molar-refractivity contribution in [2.24, 2.45) is 0 Å². The number of rotatable bonds is 5. The van der Waals surface area contributed by atoms with Crippen LogP contribution >= 0.6 is 11.6 Å². The standard InChI is InChI=1S/C17H16ClNO3S/c18-14-7-5-13(6-8-14)17(9-3-10-17)15(20)12-23(21,22)16-4-1-2-11-19-16/h1-2,4-8,11H,3,9-10,12H2. The van der Waals surface area contributed by atoms with E-state index in [4.69, 9.17) is 11.6 Å². The van der Waals surface area contributed by atoms with Crippen molar-refractivity contribution in [2.75, 3.05) is 5.75 Å². The van der Waals surface area contributed by atoms with E-state index < -0.39 is 21.0 Å². The molecule has 0 aliphatic heterocycles. The van der Waals surface area contributed by atoms with Crippen molar-refractivity contribution in [1.82, 2.24) is 4.98 Å². The Morgan fingerprint density at radius 1 is 1.13 bits per heavy atom. The van der Waals surface area contributed by atoms with Gasteiger partial charge in [0.25, 0.3) is 0 Å². The minimum Gasteiger partial charge on any atom is -0.298 e. The zero-order valence-corrected chi connectivity index (χ0v) is 14.0. The van der Waals surface area contributed by atoms with Crippen molar-refractivity contribution < 1.29 is 13.2 Å². The molecule has 0 spiro atoms. The first-order valence-corrected chi connectivity index (χ1v) is 9.40. The number of hydrogen-bond donors (Lipinski definition) is 0. The van der Waals surface area contributed by atoms with E-state index in [1.807, 2.05) is 12.1 Å². The Hall–Kier alpha value is -1.72. The molecule has 0 N–H and O–H groups in total. The van der Waals surface area contributed by atoms with Gasteiger partial charge in [-0.05, 0) is 42.7 Å². The minimum atomic E-state index is -3.72. The molecule has 1 fully saturated rings. The van der Waals surface area contributed by atoms with Gasteiger partial charge in [-0.25, -0.2) is 13.4 Å². The number of sulfone groups is 1. The maximum Gasteiger partial charge on any atom is 0.202 e. The van der Waals surface area contributed by atoms with E-state index in [0.717, 1.165) is 12.0 Å². The summed E-state index contributed by atoms with van der Waals surface area (Å²) in [5, 5.41) is 0.538. The normalized spacial score (nSPS) is 16.6. The molecule has 1 aliphatic rings. The van der Waals surface area contributed by atoms with Gasteiger partial charge in [0.1, 0.15) is 5.75 Å². The SMILES string of the molecule is O=C(CS(=O)(=O)c1ccccn1)C1(c2ccc(Cl)cc2)CCC1. The summed E-state index contributed by atoms with van der Waals surface area (Å²) in [7, 11) is -3.72. The lowest BCUT2D eigenvalue weighted by Gasteiger charge is -2.40. The third-order valence-corrected chi connectivity index (χ3v) is 6.19. The molecule has 3 rings (SSSR count). The zero-order chi connectivity index (χ0) is 16.5. The molecule has 120 valence electrons. The van der Waals surface area contributed by atoms with E-state index in [1.165, 1.54) is 12.3 Å². The summed E-state index contributed by atoms with van der Waals surface area (Å²) in [6.45, 7) is 0. The first-order chi connectivity index (χ1) is 10.9. The van der Waals surface area contributed by atoms with Crippen LogP contribution in [0.25, 0.3) is 0 Å². The molecule has 0 atom stereocenters. The van der Waals surface area contributed by atoms with Gasteiger partial charge in [0.05, 0.1) is 5.41 Å². The van der Waals surface area contributed by atoms with Gasteiger partial charge in [-0.1, -0.05) is 36.2 Å². The average Bonchev–Trinajstić information content (AvgIpc) is 2.48. The molecule has 0 amide bonds. The highest BCUT2D eigenvalue weighted by Crippen LogP contribution is 2.45. The average molecular weight is 350 g/mol. The number of ketones is 1. The van der Waals surface area contributed by atoms with Crippen LogP contribution in [0.3, 0.4) is 0 Å². The second-order valence-corrected chi connectivity index (χ2v) is 8.17. The number of carbonyl (C=O) groups excluding carboxylic acids is 1. The van der Waals surface area contributed by atoms with Gasteiger partial charge in [-0.3, -0.25) is 4.79 Å².